The number of carboxylic acids is 1. The molecule has 0 unspecified atom stereocenters. The van der Waals surface area contributed by atoms with Gasteiger partial charge in [0.15, 0.2) is 0 Å². The lowest BCUT2D eigenvalue weighted by molar-refractivity contribution is -0.139. The van der Waals surface area contributed by atoms with Crippen LogP contribution in [0.2, 0.25) is 0 Å². The van der Waals surface area contributed by atoms with E-state index in [1.165, 1.54) is 6.07 Å². The van der Waals surface area contributed by atoms with Crippen LogP contribution in [-0.4, -0.2) is 33.8 Å². The number of carbonyl (C=O) groups excluding carboxylic acids is 1. The van der Waals surface area contributed by atoms with Crippen molar-refractivity contribution in [1.82, 2.24) is 10.3 Å². The fourth-order valence-electron chi connectivity index (χ4n) is 3.70. The number of benzene rings is 3. The zero-order chi connectivity index (χ0) is 24.8. The number of nitrogens with zero attached hydrogens (tertiary/aromatic N) is 1. The van der Waals surface area contributed by atoms with Crippen molar-refractivity contribution in [2.24, 2.45) is 5.73 Å². The number of hydrogen-bond acceptors (Lipinski definition) is 4. The molecule has 3 aromatic carbocycles. The summed E-state index contributed by atoms with van der Waals surface area (Å²) in [5.41, 5.74) is 10.3. The molecule has 4 rings (SSSR count). The highest BCUT2D eigenvalue weighted by Crippen LogP contribution is 2.21. The van der Waals surface area contributed by atoms with E-state index in [1.807, 2.05) is 54.6 Å². The number of nitrogens with two attached hydrogens (primary N) is 1. The number of aliphatic carboxylic acids is 1. The van der Waals surface area contributed by atoms with Crippen molar-refractivity contribution in [3.8, 4) is 22.4 Å². The molecule has 35 heavy (non-hydrogen) atoms. The molecule has 7 nitrogen and oxygen atoms in total. The van der Waals surface area contributed by atoms with Crippen molar-refractivity contribution in [2.45, 2.75) is 12.5 Å². The van der Waals surface area contributed by atoms with E-state index in [0.29, 0.717) is 16.8 Å². The van der Waals surface area contributed by atoms with E-state index in [4.69, 9.17) is 11.1 Å². The number of nitrogens with one attached hydrogen (secondary N) is 2. The first-order valence-corrected chi connectivity index (χ1v) is 11.0. The average molecular weight is 465 g/mol. The fraction of sp³-hybridized carbons (Fsp3) is 0.0714. The van der Waals surface area contributed by atoms with Crippen LogP contribution in [0.4, 0.5) is 0 Å². The molecule has 174 valence electrons. The number of amidine groups is 1. The van der Waals surface area contributed by atoms with Crippen molar-refractivity contribution < 1.29 is 14.7 Å². The van der Waals surface area contributed by atoms with Gasteiger partial charge < -0.3 is 16.2 Å². The molecular formula is C28H24N4O3. The Bertz CT molecular complexity index is 1370. The van der Waals surface area contributed by atoms with E-state index in [2.05, 4.69) is 10.3 Å². The van der Waals surface area contributed by atoms with Gasteiger partial charge in [-0.1, -0.05) is 78.9 Å². The van der Waals surface area contributed by atoms with Crippen LogP contribution >= 0.6 is 0 Å². The van der Waals surface area contributed by atoms with E-state index in [1.54, 1.807) is 36.4 Å². The SMILES string of the molecule is N=C(N)c1cccc(-c2cccc(C(=O)N[C@@H](Cc3ccc(-c4ccccc4)cc3)C(=O)O)n2)c1. The maximum absolute atomic E-state index is 12.9. The Labute approximate surface area is 202 Å². The minimum Gasteiger partial charge on any atom is -0.480 e. The van der Waals surface area contributed by atoms with E-state index in [-0.39, 0.29) is 18.0 Å². The van der Waals surface area contributed by atoms with Gasteiger partial charge in [-0.3, -0.25) is 10.2 Å². The van der Waals surface area contributed by atoms with Crippen molar-refractivity contribution in [3.05, 3.63) is 114 Å². The number of amides is 1. The zero-order valence-electron chi connectivity index (χ0n) is 18.8. The third-order valence-electron chi connectivity index (χ3n) is 5.56. The van der Waals surface area contributed by atoms with Gasteiger partial charge in [-0.25, -0.2) is 9.78 Å². The van der Waals surface area contributed by atoms with Gasteiger partial charge in [0.2, 0.25) is 0 Å². The summed E-state index contributed by atoms with van der Waals surface area (Å²) in [4.78, 5) is 29.1. The van der Waals surface area contributed by atoms with Gasteiger partial charge in [0, 0.05) is 17.5 Å². The quantitative estimate of drug-likeness (QED) is 0.230. The normalized spacial score (nSPS) is 11.4. The largest absolute Gasteiger partial charge is 0.480 e. The predicted octanol–water partition coefficient (Wildman–Crippen LogP) is 4.13. The van der Waals surface area contributed by atoms with E-state index in [9.17, 15) is 14.7 Å². The second kappa shape index (κ2) is 10.4. The lowest BCUT2D eigenvalue weighted by atomic mass is 10.0. The Morgan fingerprint density at radius 1 is 0.857 bits per heavy atom. The van der Waals surface area contributed by atoms with Crippen LogP contribution < -0.4 is 11.1 Å². The second-order valence-electron chi connectivity index (χ2n) is 8.03. The van der Waals surface area contributed by atoms with Gasteiger partial charge >= 0.3 is 5.97 Å². The standard InChI is InChI=1S/C28H24N4O3/c29-26(30)22-9-4-8-21(17-22)23-10-5-11-24(31-23)27(33)32-25(28(34)35)16-18-12-14-20(15-13-18)19-6-2-1-3-7-19/h1-15,17,25H,16H2,(H3,29,30)(H,32,33)(H,34,35)/t25-/m0/s1. The molecule has 0 spiro atoms. The third kappa shape index (κ3) is 5.78. The average Bonchev–Trinajstić information content (AvgIpc) is 2.89. The first-order chi connectivity index (χ1) is 16.9. The highest BCUT2D eigenvalue weighted by molar-refractivity contribution is 5.97. The summed E-state index contributed by atoms with van der Waals surface area (Å²) in [5.74, 6) is -1.78. The Morgan fingerprint density at radius 3 is 2.20 bits per heavy atom. The fourth-order valence-corrected chi connectivity index (χ4v) is 3.70. The van der Waals surface area contributed by atoms with Crippen LogP contribution in [-0.2, 0) is 11.2 Å². The van der Waals surface area contributed by atoms with Gasteiger partial charge in [0.05, 0.1) is 5.69 Å². The number of pyridine rings is 1. The Morgan fingerprint density at radius 2 is 1.51 bits per heavy atom. The van der Waals surface area contributed by atoms with Gasteiger partial charge in [-0.05, 0) is 34.9 Å². The van der Waals surface area contributed by atoms with Crippen LogP contribution in [0.15, 0.2) is 97.1 Å². The second-order valence-corrected chi connectivity index (χ2v) is 8.03. The van der Waals surface area contributed by atoms with Crippen molar-refractivity contribution in [1.29, 1.82) is 5.41 Å². The lowest BCUT2D eigenvalue weighted by Gasteiger charge is -2.15. The summed E-state index contributed by atoms with van der Waals surface area (Å²) in [5, 5.41) is 19.9. The number of nitrogen functional groups attached to an aromatic ring is 1. The number of hydrogen-bond donors (Lipinski definition) is 4. The lowest BCUT2D eigenvalue weighted by Crippen LogP contribution is -2.42. The minimum absolute atomic E-state index is 0.0677. The predicted molar refractivity (Wildman–Crippen MR) is 135 cm³/mol. The first-order valence-electron chi connectivity index (χ1n) is 11.0. The molecule has 0 fully saturated rings. The molecule has 0 saturated carbocycles. The molecule has 7 heteroatoms. The number of carbonyl (C=O) groups is 2. The highest BCUT2D eigenvalue weighted by Gasteiger charge is 2.22. The number of aromatic nitrogens is 1. The molecule has 5 N–H and O–H groups in total. The van der Waals surface area contributed by atoms with Crippen molar-refractivity contribution in [3.63, 3.8) is 0 Å². The minimum atomic E-state index is -1.13. The van der Waals surface area contributed by atoms with Gasteiger partial charge in [-0.15, -0.1) is 0 Å². The maximum atomic E-state index is 12.9. The molecule has 0 aliphatic rings. The Balaban J connectivity index is 1.48. The summed E-state index contributed by atoms with van der Waals surface area (Å²) >= 11 is 0. The van der Waals surface area contributed by atoms with Crippen LogP contribution in [0, 0.1) is 5.41 Å². The maximum Gasteiger partial charge on any atom is 0.326 e. The Kier molecular flexibility index (Phi) is 6.97. The topological polar surface area (TPSA) is 129 Å². The molecular weight excluding hydrogens is 440 g/mol. The third-order valence-corrected chi connectivity index (χ3v) is 5.56. The summed E-state index contributed by atoms with van der Waals surface area (Å²) in [6.07, 6.45) is 0.135. The zero-order valence-corrected chi connectivity index (χ0v) is 18.8. The van der Waals surface area contributed by atoms with Crippen LogP contribution in [0.5, 0.6) is 0 Å². The summed E-state index contributed by atoms with van der Waals surface area (Å²) in [6, 6.07) is 28.3. The van der Waals surface area contributed by atoms with E-state index in [0.717, 1.165) is 16.7 Å². The molecule has 0 bridgehead atoms. The molecule has 1 amide bonds. The van der Waals surface area contributed by atoms with Gasteiger partial charge in [-0.2, -0.15) is 0 Å². The smallest absolute Gasteiger partial charge is 0.326 e. The molecule has 0 aliphatic heterocycles. The van der Waals surface area contributed by atoms with Crippen LogP contribution in [0.1, 0.15) is 21.6 Å². The van der Waals surface area contributed by atoms with Crippen LogP contribution in [0.25, 0.3) is 22.4 Å². The van der Waals surface area contributed by atoms with E-state index < -0.39 is 17.9 Å². The summed E-state index contributed by atoms with van der Waals surface area (Å²) in [7, 11) is 0. The van der Waals surface area contributed by atoms with Gasteiger partial charge in [0.25, 0.3) is 5.91 Å². The molecule has 0 saturated heterocycles. The number of rotatable bonds is 8. The molecule has 0 aliphatic carbocycles. The molecule has 4 aromatic rings. The molecule has 1 aromatic heterocycles. The number of carboxylic acid groups (broad SMARTS) is 1. The summed E-state index contributed by atoms with van der Waals surface area (Å²) < 4.78 is 0. The van der Waals surface area contributed by atoms with Gasteiger partial charge in [0.1, 0.15) is 17.6 Å². The monoisotopic (exact) mass is 464 g/mol. The Hall–Kier alpha value is -4.78. The molecule has 0 radical (unpaired) electrons. The van der Waals surface area contributed by atoms with E-state index >= 15 is 0 Å². The summed E-state index contributed by atoms with van der Waals surface area (Å²) in [6.45, 7) is 0. The highest BCUT2D eigenvalue weighted by atomic mass is 16.4. The van der Waals surface area contributed by atoms with Crippen molar-refractivity contribution in [2.75, 3.05) is 0 Å². The van der Waals surface area contributed by atoms with Crippen molar-refractivity contribution >= 4 is 17.7 Å². The van der Waals surface area contributed by atoms with Crippen LogP contribution in [0.3, 0.4) is 0 Å². The first kappa shape index (κ1) is 23.4. The molecule has 1 atom stereocenters. The molecule has 1 heterocycles.